The average Bonchev–Trinajstić information content (AvgIpc) is 2.44. The molecule has 0 spiro atoms. The van der Waals surface area contributed by atoms with Gasteiger partial charge in [-0.2, -0.15) is 0 Å². The topological polar surface area (TPSA) is 98.0 Å². The number of hydrogen-bond acceptors (Lipinski definition) is 4. The Morgan fingerprint density at radius 3 is 2.64 bits per heavy atom. The lowest BCUT2D eigenvalue weighted by Gasteiger charge is -2.06. The molecule has 0 atom stereocenters. The van der Waals surface area contributed by atoms with E-state index in [0.717, 1.165) is 29.0 Å². The maximum atomic E-state index is 13.1. The van der Waals surface area contributed by atoms with Gasteiger partial charge in [0.2, 0.25) is 6.20 Å². The molecule has 1 heterocycles. The standard InChI is InChI=1S/C13H9F2N3O4/c14-10-2-1-8(5-11(10)15)6-17-7-9(3-4-18(21)22)12(19)16-13(17)20/h1-5,7H,6H2,(H,16,19,20). The van der Waals surface area contributed by atoms with Gasteiger partial charge >= 0.3 is 5.69 Å². The summed E-state index contributed by atoms with van der Waals surface area (Å²) in [5.74, 6) is -2.09. The van der Waals surface area contributed by atoms with Crippen LogP contribution in [0, 0.1) is 21.7 Å². The minimum Gasteiger partial charge on any atom is -0.296 e. The van der Waals surface area contributed by atoms with E-state index >= 15 is 0 Å². The molecule has 0 saturated carbocycles. The first kappa shape index (κ1) is 15.3. The van der Waals surface area contributed by atoms with Crippen LogP contribution in [-0.2, 0) is 6.54 Å². The molecule has 0 aliphatic rings. The summed E-state index contributed by atoms with van der Waals surface area (Å²) >= 11 is 0. The molecule has 9 heteroatoms. The zero-order valence-electron chi connectivity index (χ0n) is 11.0. The van der Waals surface area contributed by atoms with E-state index in [4.69, 9.17) is 0 Å². The van der Waals surface area contributed by atoms with Gasteiger partial charge in [0.05, 0.1) is 17.0 Å². The SMILES string of the molecule is O=c1[nH]c(=O)n(Cc2ccc(F)c(F)c2)cc1C=C[N+](=O)[O-]. The number of H-pyrrole nitrogens is 1. The lowest BCUT2D eigenvalue weighted by atomic mass is 10.2. The van der Waals surface area contributed by atoms with E-state index in [1.165, 1.54) is 6.07 Å². The summed E-state index contributed by atoms with van der Waals surface area (Å²) in [6, 6.07) is 3.11. The maximum absolute atomic E-state index is 13.1. The molecular formula is C13H9F2N3O4. The Hall–Kier alpha value is -3.10. The minimum atomic E-state index is -1.07. The number of halogens is 2. The van der Waals surface area contributed by atoms with Crippen molar-refractivity contribution in [2.45, 2.75) is 6.54 Å². The van der Waals surface area contributed by atoms with Crippen molar-refractivity contribution in [2.24, 2.45) is 0 Å². The molecule has 0 saturated heterocycles. The lowest BCUT2D eigenvalue weighted by molar-refractivity contribution is -0.400. The molecule has 0 unspecified atom stereocenters. The van der Waals surface area contributed by atoms with Gasteiger partial charge in [0.1, 0.15) is 0 Å². The number of aromatic amines is 1. The smallest absolute Gasteiger partial charge is 0.296 e. The summed E-state index contributed by atoms with van der Waals surface area (Å²) in [5, 5.41) is 10.3. The molecule has 0 aliphatic heterocycles. The number of nitrogens with one attached hydrogen (secondary N) is 1. The van der Waals surface area contributed by atoms with E-state index < -0.39 is 27.8 Å². The van der Waals surface area contributed by atoms with Crippen molar-refractivity contribution in [1.82, 2.24) is 9.55 Å². The van der Waals surface area contributed by atoms with E-state index in [-0.39, 0.29) is 17.7 Å². The van der Waals surface area contributed by atoms with Crippen LogP contribution in [-0.4, -0.2) is 14.5 Å². The number of hydrogen-bond donors (Lipinski definition) is 1. The summed E-state index contributed by atoms with van der Waals surface area (Å²) in [7, 11) is 0. The van der Waals surface area contributed by atoms with Gasteiger partial charge in [-0.3, -0.25) is 24.5 Å². The summed E-state index contributed by atoms with van der Waals surface area (Å²) in [6.45, 7) is -0.133. The van der Waals surface area contributed by atoms with Crippen LogP contribution < -0.4 is 11.2 Å². The van der Waals surface area contributed by atoms with Gasteiger partial charge in [-0.05, 0) is 17.7 Å². The van der Waals surface area contributed by atoms with E-state index in [1.807, 2.05) is 4.98 Å². The third-order valence-corrected chi connectivity index (χ3v) is 2.75. The second-order valence-electron chi connectivity index (χ2n) is 4.32. The fraction of sp³-hybridized carbons (Fsp3) is 0.0769. The van der Waals surface area contributed by atoms with Gasteiger partial charge in [0.15, 0.2) is 11.6 Å². The number of nitro groups is 1. The molecule has 7 nitrogen and oxygen atoms in total. The second kappa shape index (κ2) is 6.12. The van der Waals surface area contributed by atoms with E-state index in [0.29, 0.717) is 6.20 Å². The van der Waals surface area contributed by atoms with Gasteiger partial charge in [0.25, 0.3) is 5.56 Å². The van der Waals surface area contributed by atoms with Crippen LogP contribution in [0.15, 0.2) is 40.2 Å². The predicted octanol–water partition coefficient (Wildman–Crippen LogP) is 1.11. The van der Waals surface area contributed by atoms with E-state index in [9.17, 15) is 28.5 Å². The van der Waals surface area contributed by atoms with Gasteiger partial charge < -0.3 is 0 Å². The van der Waals surface area contributed by atoms with Crippen molar-refractivity contribution in [1.29, 1.82) is 0 Å². The Balaban J connectivity index is 2.40. The van der Waals surface area contributed by atoms with E-state index in [2.05, 4.69) is 0 Å². The predicted molar refractivity (Wildman–Crippen MR) is 72.8 cm³/mol. The molecule has 22 heavy (non-hydrogen) atoms. The molecule has 0 amide bonds. The van der Waals surface area contributed by atoms with Crippen molar-refractivity contribution < 1.29 is 13.7 Å². The normalized spacial score (nSPS) is 11.0. The van der Waals surface area contributed by atoms with Crippen LogP contribution in [0.3, 0.4) is 0 Å². The summed E-state index contributed by atoms with van der Waals surface area (Å²) in [6.07, 6.45) is 2.58. The molecule has 0 aliphatic carbocycles. The van der Waals surface area contributed by atoms with Crippen LogP contribution in [0.25, 0.3) is 6.08 Å². The Kier molecular flexibility index (Phi) is 4.25. The number of aromatic nitrogens is 2. The minimum absolute atomic E-state index is 0.112. The Labute approximate surface area is 121 Å². The highest BCUT2D eigenvalue weighted by molar-refractivity contribution is 5.44. The zero-order chi connectivity index (χ0) is 16.3. The van der Waals surface area contributed by atoms with Crippen LogP contribution >= 0.6 is 0 Å². The number of rotatable bonds is 4. The highest BCUT2D eigenvalue weighted by atomic mass is 19.2. The molecule has 1 N–H and O–H groups in total. The lowest BCUT2D eigenvalue weighted by Crippen LogP contribution is -2.31. The van der Waals surface area contributed by atoms with Crippen LogP contribution in [0.5, 0.6) is 0 Å². The monoisotopic (exact) mass is 309 g/mol. The third-order valence-electron chi connectivity index (χ3n) is 2.75. The highest BCUT2D eigenvalue weighted by Gasteiger charge is 2.07. The largest absolute Gasteiger partial charge is 0.328 e. The molecule has 2 aromatic rings. The molecule has 2 rings (SSSR count). The first-order valence-electron chi connectivity index (χ1n) is 5.96. The third kappa shape index (κ3) is 3.51. The van der Waals surface area contributed by atoms with Gasteiger partial charge in [0, 0.05) is 12.3 Å². The summed E-state index contributed by atoms with van der Waals surface area (Å²) in [5.41, 5.74) is -1.38. The van der Waals surface area contributed by atoms with E-state index in [1.54, 1.807) is 0 Å². The molecule has 1 aromatic heterocycles. The molecule has 114 valence electrons. The maximum Gasteiger partial charge on any atom is 0.328 e. The van der Waals surface area contributed by atoms with Gasteiger partial charge in [-0.1, -0.05) is 6.07 Å². The Bertz CT molecular complexity index is 870. The van der Waals surface area contributed by atoms with Gasteiger partial charge in [-0.25, -0.2) is 13.6 Å². The summed E-state index contributed by atoms with van der Waals surface area (Å²) in [4.78, 5) is 34.7. The highest BCUT2D eigenvalue weighted by Crippen LogP contribution is 2.09. The summed E-state index contributed by atoms with van der Waals surface area (Å²) < 4.78 is 27.0. The van der Waals surface area contributed by atoms with Crippen molar-refractivity contribution >= 4 is 6.08 Å². The van der Waals surface area contributed by atoms with Crippen LogP contribution in [0.1, 0.15) is 11.1 Å². The van der Waals surface area contributed by atoms with Crippen molar-refractivity contribution in [3.8, 4) is 0 Å². The van der Waals surface area contributed by atoms with Crippen molar-refractivity contribution in [3.63, 3.8) is 0 Å². The molecule has 0 radical (unpaired) electrons. The molecule has 1 aromatic carbocycles. The molecule has 0 fully saturated rings. The van der Waals surface area contributed by atoms with Crippen molar-refractivity contribution in [2.75, 3.05) is 0 Å². The van der Waals surface area contributed by atoms with Gasteiger partial charge in [-0.15, -0.1) is 0 Å². The first-order valence-corrected chi connectivity index (χ1v) is 5.96. The number of nitrogens with zero attached hydrogens (tertiary/aromatic N) is 2. The number of benzene rings is 1. The fourth-order valence-electron chi connectivity index (χ4n) is 1.74. The molecular weight excluding hydrogens is 300 g/mol. The second-order valence-corrected chi connectivity index (χ2v) is 4.32. The quantitative estimate of drug-likeness (QED) is 0.675. The first-order chi connectivity index (χ1) is 10.4. The van der Waals surface area contributed by atoms with Crippen LogP contribution in [0.4, 0.5) is 8.78 Å². The molecule has 0 bridgehead atoms. The van der Waals surface area contributed by atoms with Crippen molar-refractivity contribution in [3.05, 3.63) is 84.3 Å². The van der Waals surface area contributed by atoms with Crippen LogP contribution in [0.2, 0.25) is 0 Å². The zero-order valence-corrected chi connectivity index (χ0v) is 11.0. The Morgan fingerprint density at radius 2 is 2.00 bits per heavy atom. The fourth-order valence-corrected chi connectivity index (χ4v) is 1.74. The Morgan fingerprint density at radius 1 is 1.27 bits per heavy atom. The average molecular weight is 309 g/mol.